The zero-order valence-electron chi connectivity index (χ0n) is 11.3. The van der Waals surface area contributed by atoms with Crippen molar-refractivity contribution in [3.63, 3.8) is 0 Å². The van der Waals surface area contributed by atoms with E-state index >= 15 is 0 Å². The molecule has 0 bridgehead atoms. The number of rotatable bonds is 8. The molecule has 0 spiro atoms. The molecule has 0 fully saturated rings. The van der Waals surface area contributed by atoms with Gasteiger partial charge in [-0.05, 0) is 12.8 Å². The fraction of sp³-hybridized carbons (Fsp3) is 0.571. The normalized spacial score (nSPS) is 9.83. The molecule has 4 nitrogen and oxygen atoms in total. The van der Waals surface area contributed by atoms with Gasteiger partial charge in [-0.1, -0.05) is 26.7 Å². The molecule has 1 aromatic rings. The lowest BCUT2D eigenvalue weighted by molar-refractivity contribution is 0.830. The second kappa shape index (κ2) is 8.35. The predicted molar refractivity (Wildman–Crippen MR) is 75.7 cm³/mol. The Morgan fingerprint density at radius 3 is 1.94 bits per heavy atom. The van der Waals surface area contributed by atoms with Gasteiger partial charge >= 0.3 is 0 Å². The van der Waals surface area contributed by atoms with Crippen LogP contribution < -0.4 is 10.6 Å². The Balaban J connectivity index is 2.72. The summed E-state index contributed by atoms with van der Waals surface area (Å²) in [5.74, 6) is 0. The van der Waals surface area contributed by atoms with Gasteiger partial charge in [-0.15, -0.1) is 0 Å². The summed E-state index contributed by atoms with van der Waals surface area (Å²) in [5, 5.41) is 15.8. The third-order valence-electron chi connectivity index (χ3n) is 2.75. The monoisotopic (exact) mass is 246 g/mol. The van der Waals surface area contributed by atoms with Crippen LogP contribution in [0.4, 0.5) is 11.4 Å². The van der Waals surface area contributed by atoms with Gasteiger partial charge in [-0.25, -0.2) is 0 Å². The van der Waals surface area contributed by atoms with Crippen molar-refractivity contribution in [3.05, 3.63) is 18.0 Å². The maximum absolute atomic E-state index is 9.25. The molecule has 0 aliphatic heterocycles. The van der Waals surface area contributed by atoms with Crippen molar-refractivity contribution in [2.75, 3.05) is 23.7 Å². The summed E-state index contributed by atoms with van der Waals surface area (Å²) in [4.78, 5) is 4.17. The number of nitriles is 1. The first-order valence-electron chi connectivity index (χ1n) is 6.69. The topological polar surface area (TPSA) is 60.7 Å². The Bertz CT molecular complexity index is 367. The van der Waals surface area contributed by atoms with Crippen LogP contribution in [0.15, 0.2) is 12.4 Å². The summed E-state index contributed by atoms with van der Waals surface area (Å²) in [6.07, 6.45) is 7.91. The van der Waals surface area contributed by atoms with Crippen LogP contribution in [0.1, 0.15) is 45.1 Å². The minimum Gasteiger partial charge on any atom is -0.383 e. The van der Waals surface area contributed by atoms with E-state index in [0.29, 0.717) is 5.56 Å². The molecule has 18 heavy (non-hydrogen) atoms. The average molecular weight is 246 g/mol. The van der Waals surface area contributed by atoms with E-state index in [2.05, 4.69) is 35.5 Å². The lowest BCUT2D eigenvalue weighted by Gasteiger charge is -2.12. The summed E-state index contributed by atoms with van der Waals surface area (Å²) in [7, 11) is 0. The van der Waals surface area contributed by atoms with Crippen LogP contribution in [-0.4, -0.2) is 18.1 Å². The molecular formula is C14H22N4. The van der Waals surface area contributed by atoms with Gasteiger partial charge in [0.15, 0.2) is 0 Å². The summed E-state index contributed by atoms with van der Waals surface area (Å²) in [6.45, 7) is 6.05. The highest BCUT2D eigenvalue weighted by Crippen LogP contribution is 2.22. The number of hydrogen-bond donors (Lipinski definition) is 2. The molecule has 0 aromatic carbocycles. The number of nitrogens with one attached hydrogen (secondary N) is 2. The molecule has 0 amide bonds. The Morgan fingerprint density at radius 2 is 1.56 bits per heavy atom. The maximum Gasteiger partial charge on any atom is 0.104 e. The average Bonchev–Trinajstić information content (AvgIpc) is 2.39. The zero-order chi connectivity index (χ0) is 13.2. The number of pyridine rings is 1. The van der Waals surface area contributed by atoms with Gasteiger partial charge in [-0.2, -0.15) is 5.26 Å². The molecule has 4 heteroatoms. The van der Waals surface area contributed by atoms with Crippen molar-refractivity contribution in [1.29, 1.82) is 5.26 Å². The Hall–Kier alpha value is -1.76. The first-order valence-corrected chi connectivity index (χ1v) is 6.69. The van der Waals surface area contributed by atoms with Gasteiger partial charge in [0, 0.05) is 13.1 Å². The van der Waals surface area contributed by atoms with E-state index in [1.54, 1.807) is 12.4 Å². The smallest absolute Gasteiger partial charge is 0.104 e. The molecule has 0 saturated heterocycles. The number of nitrogens with zero attached hydrogens (tertiary/aromatic N) is 2. The Kier molecular flexibility index (Phi) is 6.63. The van der Waals surface area contributed by atoms with Gasteiger partial charge < -0.3 is 10.6 Å². The SMILES string of the molecule is CCCCNc1cncc(NCCCC)c1C#N. The summed E-state index contributed by atoms with van der Waals surface area (Å²) in [5.41, 5.74) is 2.32. The molecule has 0 aliphatic carbocycles. The lowest BCUT2D eigenvalue weighted by atomic mass is 10.2. The van der Waals surface area contributed by atoms with Gasteiger partial charge in [0.2, 0.25) is 0 Å². The minimum absolute atomic E-state index is 0.664. The number of hydrogen-bond acceptors (Lipinski definition) is 4. The molecule has 1 rings (SSSR count). The van der Waals surface area contributed by atoms with Crippen LogP contribution in [0, 0.1) is 11.3 Å². The highest BCUT2D eigenvalue weighted by molar-refractivity contribution is 5.69. The third kappa shape index (κ3) is 4.25. The fourth-order valence-electron chi connectivity index (χ4n) is 1.65. The van der Waals surface area contributed by atoms with Crippen LogP contribution in [0.2, 0.25) is 0 Å². The van der Waals surface area contributed by atoms with Crippen LogP contribution in [0.3, 0.4) is 0 Å². The fourth-order valence-corrected chi connectivity index (χ4v) is 1.65. The molecule has 1 aromatic heterocycles. The highest BCUT2D eigenvalue weighted by atomic mass is 14.9. The molecule has 0 radical (unpaired) electrons. The van der Waals surface area contributed by atoms with Crippen LogP contribution in [0.5, 0.6) is 0 Å². The van der Waals surface area contributed by atoms with Crippen molar-refractivity contribution in [2.24, 2.45) is 0 Å². The van der Waals surface area contributed by atoms with Crippen molar-refractivity contribution in [2.45, 2.75) is 39.5 Å². The largest absolute Gasteiger partial charge is 0.383 e. The van der Waals surface area contributed by atoms with E-state index in [1.165, 1.54) is 0 Å². The summed E-state index contributed by atoms with van der Waals surface area (Å²) >= 11 is 0. The van der Waals surface area contributed by atoms with Crippen molar-refractivity contribution in [1.82, 2.24) is 4.98 Å². The highest BCUT2D eigenvalue weighted by Gasteiger charge is 2.07. The predicted octanol–water partition coefficient (Wildman–Crippen LogP) is 3.38. The van der Waals surface area contributed by atoms with E-state index in [1.807, 2.05) is 0 Å². The molecule has 98 valence electrons. The lowest BCUT2D eigenvalue weighted by Crippen LogP contribution is -2.08. The molecule has 2 N–H and O–H groups in total. The van der Waals surface area contributed by atoms with Gasteiger partial charge in [0.1, 0.15) is 11.6 Å². The van der Waals surface area contributed by atoms with Gasteiger partial charge in [0.25, 0.3) is 0 Å². The Morgan fingerprint density at radius 1 is 1.06 bits per heavy atom. The van der Waals surface area contributed by atoms with Crippen LogP contribution >= 0.6 is 0 Å². The number of aromatic nitrogens is 1. The first kappa shape index (κ1) is 14.3. The molecule has 0 aliphatic rings. The standard InChI is InChI=1S/C14H22N4/c1-3-5-7-17-13-10-16-11-14(12(13)9-15)18-8-6-4-2/h10-11,17-18H,3-8H2,1-2H3. The van der Waals surface area contributed by atoms with E-state index < -0.39 is 0 Å². The molecular weight excluding hydrogens is 224 g/mol. The van der Waals surface area contributed by atoms with E-state index in [-0.39, 0.29) is 0 Å². The van der Waals surface area contributed by atoms with Crippen molar-refractivity contribution >= 4 is 11.4 Å². The molecule has 0 saturated carbocycles. The van der Waals surface area contributed by atoms with Crippen molar-refractivity contribution < 1.29 is 0 Å². The summed E-state index contributed by atoms with van der Waals surface area (Å²) < 4.78 is 0. The second-order valence-corrected chi connectivity index (χ2v) is 4.28. The zero-order valence-corrected chi connectivity index (χ0v) is 11.3. The van der Waals surface area contributed by atoms with Crippen LogP contribution in [-0.2, 0) is 0 Å². The molecule has 0 unspecified atom stereocenters. The molecule has 1 heterocycles. The van der Waals surface area contributed by atoms with Crippen molar-refractivity contribution in [3.8, 4) is 6.07 Å². The summed E-state index contributed by atoms with van der Waals surface area (Å²) in [6, 6.07) is 2.25. The van der Waals surface area contributed by atoms with E-state index in [9.17, 15) is 5.26 Å². The van der Waals surface area contributed by atoms with Gasteiger partial charge in [-0.3, -0.25) is 4.98 Å². The quantitative estimate of drug-likeness (QED) is 0.690. The number of anilines is 2. The van der Waals surface area contributed by atoms with E-state index in [0.717, 1.165) is 50.1 Å². The number of unbranched alkanes of at least 4 members (excludes halogenated alkanes) is 2. The molecule has 0 atom stereocenters. The van der Waals surface area contributed by atoms with E-state index in [4.69, 9.17) is 0 Å². The third-order valence-corrected chi connectivity index (χ3v) is 2.75. The maximum atomic E-state index is 9.25. The van der Waals surface area contributed by atoms with Crippen LogP contribution in [0.25, 0.3) is 0 Å². The first-order chi connectivity index (χ1) is 8.83. The second-order valence-electron chi connectivity index (χ2n) is 4.28. The minimum atomic E-state index is 0.664. The van der Waals surface area contributed by atoms with Gasteiger partial charge in [0.05, 0.1) is 23.8 Å². The Labute approximate surface area is 109 Å².